The molecule has 2 aliphatic carbocycles. The number of esters is 2. The number of ketones is 1. The molecular formula is C26H31NO6. The van der Waals surface area contributed by atoms with Crippen molar-refractivity contribution < 1.29 is 28.6 Å². The molecule has 1 heterocycles. The summed E-state index contributed by atoms with van der Waals surface area (Å²) in [5.74, 6) is -2.45. The van der Waals surface area contributed by atoms with Crippen LogP contribution in [-0.4, -0.2) is 38.0 Å². The van der Waals surface area contributed by atoms with Crippen molar-refractivity contribution >= 4 is 17.7 Å². The largest absolute Gasteiger partial charge is 0.497 e. The maximum absolute atomic E-state index is 13.7. The van der Waals surface area contributed by atoms with E-state index in [0.29, 0.717) is 29.0 Å². The Bertz CT molecular complexity index is 1030. The average Bonchev–Trinajstić information content (AvgIpc) is 3.30. The lowest BCUT2D eigenvalue weighted by Gasteiger charge is -2.38. The summed E-state index contributed by atoms with van der Waals surface area (Å²) in [6.45, 7) is 3.71. The van der Waals surface area contributed by atoms with Gasteiger partial charge in [-0.2, -0.15) is 0 Å². The summed E-state index contributed by atoms with van der Waals surface area (Å²) in [5, 5.41) is 3.30. The Morgan fingerprint density at radius 1 is 1.12 bits per heavy atom. The van der Waals surface area contributed by atoms with Gasteiger partial charge in [0, 0.05) is 22.9 Å². The van der Waals surface area contributed by atoms with Crippen LogP contribution in [0.1, 0.15) is 57.4 Å². The van der Waals surface area contributed by atoms with E-state index in [0.717, 1.165) is 36.9 Å². The zero-order valence-corrected chi connectivity index (χ0v) is 19.6. The Kier molecular flexibility index (Phi) is 6.58. The van der Waals surface area contributed by atoms with Gasteiger partial charge in [-0.25, -0.2) is 4.79 Å². The summed E-state index contributed by atoms with van der Waals surface area (Å²) in [5.41, 5.74) is 2.99. The molecule has 3 aliphatic rings. The van der Waals surface area contributed by atoms with Crippen molar-refractivity contribution in [3.05, 3.63) is 52.4 Å². The third-order valence-electron chi connectivity index (χ3n) is 6.97. The number of nitrogens with one attached hydrogen (secondary N) is 1. The quantitative estimate of drug-likeness (QED) is 0.536. The van der Waals surface area contributed by atoms with Crippen molar-refractivity contribution in [2.24, 2.45) is 11.8 Å². The molecule has 3 atom stereocenters. The normalized spacial score (nSPS) is 25.5. The molecular weight excluding hydrogens is 422 g/mol. The van der Waals surface area contributed by atoms with E-state index in [4.69, 9.17) is 14.2 Å². The summed E-state index contributed by atoms with van der Waals surface area (Å²) in [7, 11) is 2.86. The van der Waals surface area contributed by atoms with Crippen LogP contribution in [0.3, 0.4) is 0 Å². The number of Topliss-reactive ketones (excluding diaryl/α,β-unsaturated/α-hetero) is 1. The van der Waals surface area contributed by atoms with Gasteiger partial charge in [-0.15, -0.1) is 0 Å². The molecule has 1 aliphatic heterocycles. The molecule has 0 amide bonds. The molecule has 176 valence electrons. The Hall–Kier alpha value is -3.09. The van der Waals surface area contributed by atoms with Crippen LogP contribution in [0.25, 0.3) is 0 Å². The van der Waals surface area contributed by atoms with Crippen LogP contribution in [0.4, 0.5) is 0 Å². The molecule has 0 saturated heterocycles. The van der Waals surface area contributed by atoms with Gasteiger partial charge >= 0.3 is 11.9 Å². The van der Waals surface area contributed by atoms with Gasteiger partial charge in [0.15, 0.2) is 5.78 Å². The average molecular weight is 454 g/mol. The first-order valence-corrected chi connectivity index (χ1v) is 11.5. The number of carbonyl (C=O) groups is 3. The van der Waals surface area contributed by atoms with Crippen LogP contribution in [0.5, 0.6) is 5.75 Å². The number of carbonyl (C=O) groups excluding carboxylic acids is 3. The van der Waals surface area contributed by atoms with Crippen molar-refractivity contribution in [1.82, 2.24) is 5.32 Å². The van der Waals surface area contributed by atoms with E-state index in [9.17, 15) is 14.4 Å². The molecule has 1 aromatic rings. The highest BCUT2D eigenvalue weighted by molar-refractivity contribution is 6.12. The fraction of sp³-hybridized carbons (Fsp3) is 0.500. The van der Waals surface area contributed by atoms with E-state index in [2.05, 4.69) is 5.32 Å². The predicted molar refractivity (Wildman–Crippen MR) is 121 cm³/mol. The monoisotopic (exact) mass is 453 g/mol. The van der Waals surface area contributed by atoms with Crippen molar-refractivity contribution in [3.8, 4) is 5.75 Å². The van der Waals surface area contributed by atoms with Gasteiger partial charge in [-0.3, -0.25) is 9.59 Å². The van der Waals surface area contributed by atoms with Crippen LogP contribution in [0.15, 0.2) is 46.8 Å². The standard InChI is InChI=1S/C26H31NO6/c1-14-12-19-23(24(28)20(14)25(29)32-4)22(16-8-7-11-18(13-16)31-3)21(15(2)27-19)26(30)33-17-9-5-6-10-17/h7-8,11,13-14,17,20,22,27H,5-6,9-10,12H2,1-4H3/t14-,20+,22+/m1/s1. The highest BCUT2D eigenvalue weighted by Crippen LogP contribution is 2.46. The minimum atomic E-state index is -0.908. The summed E-state index contributed by atoms with van der Waals surface area (Å²) in [6.07, 6.45) is 4.18. The van der Waals surface area contributed by atoms with E-state index in [-0.39, 0.29) is 17.8 Å². The minimum Gasteiger partial charge on any atom is -0.497 e. The summed E-state index contributed by atoms with van der Waals surface area (Å²) in [4.78, 5) is 39.7. The predicted octanol–water partition coefficient (Wildman–Crippen LogP) is 3.79. The number of benzene rings is 1. The molecule has 0 radical (unpaired) electrons. The fourth-order valence-electron chi connectivity index (χ4n) is 5.33. The van der Waals surface area contributed by atoms with E-state index in [1.807, 2.05) is 38.1 Å². The molecule has 1 aromatic carbocycles. The van der Waals surface area contributed by atoms with E-state index < -0.39 is 23.8 Å². The molecule has 0 spiro atoms. The number of hydrogen-bond acceptors (Lipinski definition) is 7. The second-order valence-corrected chi connectivity index (χ2v) is 9.12. The van der Waals surface area contributed by atoms with E-state index in [1.165, 1.54) is 7.11 Å². The van der Waals surface area contributed by atoms with Crippen molar-refractivity contribution in [2.45, 2.75) is 58.0 Å². The molecule has 0 bridgehead atoms. The smallest absolute Gasteiger partial charge is 0.337 e. The number of dihydropyridines is 1. The number of rotatable bonds is 5. The maximum Gasteiger partial charge on any atom is 0.337 e. The Balaban J connectivity index is 1.82. The summed E-state index contributed by atoms with van der Waals surface area (Å²) < 4.78 is 16.2. The molecule has 7 nitrogen and oxygen atoms in total. The van der Waals surface area contributed by atoms with Crippen LogP contribution >= 0.6 is 0 Å². The van der Waals surface area contributed by atoms with Crippen LogP contribution < -0.4 is 10.1 Å². The van der Waals surface area contributed by atoms with Gasteiger partial charge in [0.25, 0.3) is 0 Å². The zero-order valence-electron chi connectivity index (χ0n) is 19.6. The second-order valence-electron chi connectivity index (χ2n) is 9.12. The SMILES string of the molecule is COC(=O)[C@@H]1C(=O)C2=C(C[C@H]1C)NC(C)=C(C(=O)OC1CCCC1)[C@@H]2c1cccc(OC)c1. The van der Waals surface area contributed by atoms with Crippen LogP contribution in [0, 0.1) is 11.8 Å². The molecule has 33 heavy (non-hydrogen) atoms. The molecule has 0 aromatic heterocycles. The first-order valence-electron chi connectivity index (χ1n) is 11.5. The lowest BCUT2D eigenvalue weighted by Crippen LogP contribution is -2.43. The van der Waals surface area contributed by atoms with Gasteiger partial charge < -0.3 is 19.5 Å². The van der Waals surface area contributed by atoms with E-state index >= 15 is 0 Å². The third-order valence-corrected chi connectivity index (χ3v) is 6.97. The zero-order chi connectivity index (χ0) is 23.7. The van der Waals surface area contributed by atoms with Crippen molar-refractivity contribution in [1.29, 1.82) is 0 Å². The first-order chi connectivity index (χ1) is 15.8. The molecule has 7 heteroatoms. The molecule has 1 saturated carbocycles. The van der Waals surface area contributed by atoms with Gasteiger partial charge in [0.05, 0.1) is 19.8 Å². The minimum absolute atomic E-state index is 0.107. The van der Waals surface area contributed by atoms with E-state index in [1.54, 1.807) is 7.11 Å². The highest BCUT2D eigenvalue weighted by atomic mass is 16.5. The molecule has 4 rings (SSSR count). The number of allylic oxidation sites excluding steroid dienone is 3. The first kappa shape index (κ1) is 23.1. The van der Waals surface area contributed by atoms with Gasteiger partial charge in [-0.05, 0) is 62.6 Å². The van der Waals surface area contributed by atoms with Gasteiger partial charge in [0.2, 0.25) is 0 Å². The van der Waals surface area contributed by atoms with Crippen molar-refractivity contribution in [2.75, 3.05) is 14.2 Å². The van der Waals surface area contributed by atoms with Gasteiger partial charge in [-0.1, -0.05) is 19.1 Å². The number of methoxy groups -OCH3 is 2. The third kappa shape index (κ3) is 4.28. The van der Waals surface area contributed by atoms with Gasteiger partial charge in [0.1, 0.15) is 17.8 Å². The maximum atomic E-state index is 13.7. The van der Waals surface area contributed by atoms with Crippen LogP contribution in [0.2, 0.25) is 0 Å². The number of ether oxygens (including phenoxy) is 3. The van der Waals surface area contributed by atoms with Crippen LogP contribution in [-0.2, 0) is 23.9 Å². The molecule has 0 unspecified atom stereocenters. The highest BCUT2D eigenvalue weighted by Gasteiger charge is 2.47. The summed E-state index contributed by atoms with van der Waals surface area (Å²) in [6, 6.07) is 7.35. The fourth-order valence-corrected chi connectivity index (χ4v) is 5.33. The Morgan fingerprint density at radius 2 is 1.85 bits per heavy atom. The molecule has 1 N–H and O–H groups in total. The lowest BCUT2D eigenvalue weighted by molar-refractivity contribution is -0.151. The molecule has 1 fully saturated rings. The lowest BCUT2D eigenvalue weighted by atomic mass is 9.69. The summed E-state index contributed by atoms with van der Waals surface area (Å²) >= 11 is 0. The second kappa shape index (κ2) is 9.41. The number of hydrogen-bond donors (Lipinski definition) is 1. The van der Waals surface area contributed by atoms with Crippen molar-refractivity contribution in [3.63, 3.8) is 0 Å². The Labute approximate surface area is 194 Å². The Morgan fingerprint density at radius 3 is 2.52 bits per heavy atom. The topological polar surface area (TPSA) is 90.9 Å².